The molecule has 0 bridgehead atoms. The number of aryl methyl sites for hydroxylation is 1. The fourth-order valence-electron chi connectivity index (χ4n) is 10.5. The molecule has 0 spiro atoms. The molecular weight excluding hydrogens is 847 g/mol. The van der Waals surface area contributed by atoms with Crippen molar-refractivity contribution >= 4 is 66.8 Å². The minimum atomic E-state index is -0.330. The lowest BCUT2D eigenvalue weighted by Gasteiger charge is -2.33. The number of hydrogen-bond donors (Lipinski definition) is 0. The van der Waals surface area contributed by atoms with Crippen molar-refractivity contribution < 1.29 is 8.78 Å². The van der Waals surface area contributed by atoms with Crippen LogP contribution in [0.4, 0.5) is 37.2 Å². The quantitative estimate of drug-likeness (QED) is 0.126. The maximum absolute atomic E-state index is 17.7. The van der Waals surface area contributed by atoms with Gasteiger partial charge in [0, 0.05) is 56.0 Å². The Labute approximate surface area is 401 Å². The van der Waals surface area contributed by atoms with Crippen molar-refractivity contribution in [1.82, 2.24) is 0 Å². The summed E-state index contributed by atoms with van der Waals surface area (Å²) in [5, 5.41) is 4.93. The number of para-hydroxylation sites is 2. The molecule has 4 heteroatoms. The molecule has 0 amide bonds. The third kappa shape index (κ3) is 7.58. The van der Waals surface area contributed by atoms with Crippen LogP contribution in [0.15, 0.2) is 206 Å². The molecule has 0 saturated heterocycles. The van der Waals surface area contributed by atoms with Crippen LogP contribution in [0.5, 0.6) is 0 Å². The van der Waals surface area contributed by atoms with Crippen molar-refractivity contribution in [2.75, 3.05) is 9.80 Å². The maximum atomic E-state index is 17.7. The first kappa shape index (κ1) is 41.7. The van der Waals surface area contributed by atoms with E-state index in [1.54, 1.807) is 12.1 Å². The highest BCUT2D eigenvalue weighted by molar-refractivity contribution is 6.17. The predicted octanol–water partition coefficient (Wildman–Crippen LogP) is 16.4. The summed E-state index contributed by atoms with van der Waals surface area (Å²) in [6.45, 7) is 0. The van der Waals surface area contributed by atoms with Gasteiger partial charge in [0.2, 0.25) is 0 Å². The van der Waals surface area contributed by atoms with Gasteiger partial charge in [-0.3, -0.25) is 4.90 Å². The molecule has 0 heterocycles. The molecule has 0 aliphatic heterocycles. The summed E-state index contributed by atoms with van der Waals surface area (Å²) in [5.41, 5.74) is 12.6. The summed E-state index contributed by atoms with van der Waals surface area (Å²) in [4.78, 5) is 4.18. The van der Waals surface area contributed by atoms with Gasteiger partial charge in [0.05, 0.1) is 11.4 Å². The Morgan fingerprint density at radius 3 is 1.75 bits per heavy atom. The number of nitrogens with zero attached hydrogens (tertiary/aromatic N) is 2. The van der Waals surface area contributed by atoms with Gasteiger partial charge in [-0.1, -0.05) is 164 Å². The first-order valence-electron chi connectivity index (χ1n) is 23.6. The summed E-state index contributed by atoms with van der Waals surface area (Å²) < 4.78 is 35.3. The van der Waals surface area contributed by atoms with Crippen LogP contribution in [-0.2, 0) is 6.42 Å². The number of anilines is 5. The van der Waals surface area contributed by atoms with Gasteiger partial charge in [-0.15, -0.1) is 0 Å². The summed E-state index contributed by atoms with van der Waals surface area (Å²) in [5.74, 6) is 5.76. The summed E-state index contributed by atoms with van der Waals surface area (Å²) >= 11 is 0. The maximum Gasteiger partial charge on any atom is 0.148 e. The Morgan fingerprint density at radius 2 is 1.10 bits per heavy atom. The van der Waals surface area contributed by atoms with Crippen LogP contribution in [0.2, 0.25) is 0 Å². The van der Waals surface area contributed by atoms with Crippen LogP contribution in [-0.4, -0.2) is 0 Å². The third-order valence-corrected chi connectivity index (χ3v) is 13.6. The fourth-order valence-corrected chi connectivity index (χ4v) is 10.5. The zero-order valence-electron chi connectivity index (χ0n) is 37.8. The standard InChI is InChI=1S/C65H44F2N2/c66-58-42-50(44-20-10-3-11-21-44)40-56(46-24-8-1-2-9-25-46)64(58)68(52-28-16-6-17-29-52)60-38-34-48-33-37-55-61(39-35-49-32-36-54(60)62(48)63(49)55)69(53-30-18-7-19-31-53)65-57(47-26-14-5-15-27-47)41-51(43-59(65)67)45-22-12-4-13-23-45/h1,3-8,10-14,16-24,26,28-33,36-37,40-43H,15,25,27,34,38H2. The highest BCUT2D eigenvalue weighted by atomic mass is 19.1. The number of rotatable bonds is 10. The second kappa shape index (κ2) is 17.8. The van der Waals surface area contributed by atoms with Gasteiger partial charge in [-0.05, 0) is 137 Å². The Morgan fingerprint density at radius 1 is 0.493 bits per heavy atom. The van der Waals surface area contributed by atoms with Gasteiger partial charge in [-0.2, -0.15) is 0 Å². The lowest BCUT2D eigenvalue weighted by atomic mass is 9.87. The lowest BCUT2D eigenvalue weighted by molar-refractivity contribution is 0.628. The highest BCUT2D eigenvalue weighted by Crippen LogP contribution is 2.48. The van der Waals surface area contributed by atoms with E-state index in [9.17, 15) is 0 Å². The van der Waals surface area contributed by atoms with E-state index in [1.165, 1.54) is 5.56 Å². The summed E-state index contributed by atoms with van der Waals surface area (Å²) in [6, 6.07) is 63.6. The van der Waals surface area contributed by atoms with Crippen LogP contribution in [0.1, 0.15) is 42.4 Å². The molecule has 2 nitrogen and oxygen atoms in total. The second-order valence-corrected chi connectivity index (χ2v) is 17.7. The molecule has 9 aromatic rings. The van der Waals surface area contributed by atoms with Crippen molar-refractivity contribution in [3.63, 3.8) is 0 Å². The number of hydrogen-bond acceptors (Lipinski definition) is 2. The molecule has 69 heavy (non-hydrogen) atoms. The molecule has 0 aromatic heterocycles. The molecule has 9 aromatic carbocycles. The van der Waals surface area contributed by atoms with Crippen molar-refractivity contribution in [1.29, 1.82) is 0 Å². The largest absolute Gasteiger partial charge is 0.310 e. The normalized spacial score (nSPS) is 13.9. The van der Waals surface area contributed by atoms with E-state index in [1.807, 2.05) is 126 Å². The molecule has 0 saturated carbocycles. The zero-order valence-corrected chi connectivity index (χ0v) is 37.8. The van der Waals surface area contributed by atoms with Crippen LogP contribution in [0.25, 0.3) is 60.6 Å². The van der Waals surface area contributed by atoms with Crippen molar-refractivity contribution in [2.45, 2.75) is 32.1 Å². The molecule has 0 atom stereocenters. The molecule has 0 unspecified atom stereocenters. The Kier molecular flexibility index (Phi) is 10.8. The molecular formula is C65H44F2N2. The number of allylic oxidation sites excluding steroid dienone is 8. The van der Waals surface area contributed by atoms with E-state index in [0.717, 1.165) is 108 Å². The minimum Gasteiger partial charge on any atom is -0.310 e. The van der Waals surface area contributed by atoms with Crippen LogP contribution in [0, 0.1) is 35.6 Å². The molecule has 12 rings (SSSR count). The predicted molar refractivity (Wildman–Crippen MR) is 282 cm³/mol. The van der Waals surface area contributed by atoms with Gasteiger partial charge in [0.25, 0.3) is 0 Å². The zero-order chi connectivity index (χ0) is 46.3. The van der Waals surface area contributed by atoms with Crippen molar-refractivity contribution in [3.8, 4) is 34.1 Å². The SMILES string of the molecule is Fc1cc(-c2ccccc2)cc(C2=CC=CC#CC2)c1N(C1=c2ccc3c#cc(N(c4ccccc4)c4c(F)cc(-c5ccccc5)cc4C4=CC=CCC4)c4ccc(c2c34)CC1)c1ccccc1. The Balaban J connectivity index is 1.12. The van der Waals surface area contributed by atoms with Crippen molar-refractivity contribution in [2.24, 2.45) is 0 Å². The van der Waals surface area contributed by atoms with Gasteiger partial charge < -0.3 is 4.90 Å². The molecule has 0 fully saturated rings. The Bertz CT molecular complexity index is 3710. The van der Waals surface area contributed by atoms with Crippen LogP contribution < -0.4 is 15.0 Å². The average molecular weight is 891 g/mol. The lowest BCUT2D eigenvalue weighted by Crippen LogP contribution is -2.28. The highest BCUT2D eigenvalue weighted by Gasteiger charge is 2.30. The van der Waals surface area contributed by atoms with E-state index < -0.39 is 0 Å². The molecule has 3 aliphatic rings. The van der Waals surface area contributed by atoms with Gasteiger partial charge in [0.1, 0.15) is 17.3 Å². The molecule has 0 N–H and O–H groups in total. The Hall–Kier alpha value is -8.70. The average Bonchev–Trinajstić information content (AvgIpc) is 3.71. The van der Waals surface area contributed by atoms with E-state index >= 15 is 8.78 Å². The first-order valence-corrected chi connectivity index (χ1v) is 23.6. The smallest absolute Gasteiger partial charge is 0.148 e. The summed E-state index contributed by atoms with van der Waals surface area (Å²) in [6.07, 6.45) is 15.7. The monoisotopic (exact) mass is 890 g/mol. The van der Waals surface area contributed by atoms with Gasteiger partial charge >= 0.3 is 0 Å². The topological polar surface area (TPSA) is 6.48 Å². The molecule has 3 aliphatic carbocycles. The molecule has 0 radical (unpaired) electrons. The van der Waals surface area contributed by atoms with Gasteiger partial charge in [0.15, 0.2) is 0 Å². The van der Waals surface area contributed by atoms with Crippen LogP contribution in [0.3, 0.4) is 0 Å². The number of benzene rings is 8. The van der Waals surface area contributed by atoms with Crippen molar-refractivity contribution in [3.05, 3.63) is 252 Å². The third-order valence-electron chi connectivity index (χ3n) is 13.6. The molecule has 328 valence electrons. The van der Waals surface area contributed by atoms with Gasteiger partial charge in [-0.25, -0.2) is 8.78 Å². The van der Waals surface area contributed by atoms with E-state index in [2.05, 4.69) is 102 Å². The van der Waals surface area contributed by atoms with E-state index in [0.29, 0.717) is 29.9 Å². The first-order chi connectivity index (χ1) is 34.1. The summed E-state index contributed by atoms with van der Waals surface area (Å²) in [7, 11) is 0. The van der Waals surface area contributed by atoms with Crippen LogP contribution >= 0.6 is 0 Å². The minimum absolute atomic E-state index is 0.321. The fraction of sp³-hybridized carbons (Fsp3) is 0.0769. The number of halogens is 2. The van der Waals surface area contributed by atoms with E-state index in [-0.39, 0.29) is 11.6 Å². The van der Waals surface area contributed by atoms with E-state index in [4.69, 9.17) is 0 Å². The second-order valence-electron chi connectivity index (χ2n) is 17.7.